The van der Waals surface area contributed by atoms with Gasteiger partial charge in [0.25, 0.3) is 0 Å². The average molecular weight is 316 g/mol. The van der Waals surface area contributed by atoms with Gasteiger partial charge in [0.2, 0.25) is 0 Å². The van der Waals surface area contributed by atoms with E-state index in [0.29, 0.717) is 17.9 Å². The fourth-order valence-electron chi connectivity index (χ4n) is 4.45. The fourth-order valence-corrected chi connectivity index (χ4v) is 4.45. The molecule has 3 aromatic rings. The maximum Gasteiger partial charge on any atom is 0.119 e. The number of hydrogen-bond acceptors (Lipinski definition) is 2. The van der Waals surface area contributed by atoms with Crippen molar-refractivity contribution < 1.29 is 4.74 Å². The molecule has 0 saturated heterocycles. The molecular formula is C21H20N2O. The van der Waals surface area contributed by atoms with Gasteiger partial charge in [-0.2, -0.15) is 0 Å². The zero-order chi connectivity index (χ0) is 16.1. The van der Waals surface area contributed by atoms with E-state index in [9.17, 15) is 0 Å². The van der Waals surface area contributed by atoms with Gasteiger partial charge < -0.3 is 14.6 Å². The third-order valence-electron chi connectivity index (χ3n) is 5.51. The van der Waals surface area contributed by atoms with Gasteiger partial charge in [-0.3, -0.25) is 0 Å². The summed E-state index contributed by atoms with van der Waals surface area (Å²) in [6.07, 6.45) is 2.20. The van der Waals surface area contributed by atoms with E-state index in [1.165, 1.54) is 22.5 Å². The number of methoxy groups -OCH3 is 1. The third-order valence-corrected chi connectivity index (χ3v) is 5.51. The van der Waals surface area contributed by atoms with Crippen LogP contribution in [0, 0.1) is 5.92 Å². The van der Waals surface area contributed by atoms with Crippen LogP contribution in [-0.2, 0) is 6.54 Å². The quantitative estimate of drug-likeness (QED) is 0.757. The molecule has 1 N–H and O–H groups in total. The summed E-state index contributed by atoms with van der Waals surface area (Å²) in [7, 11) is 1.74. The fraction of sp³-hybridized carbons (Fsp3) is 0.238. The first-order valence-corrected chi connectivity index (χ1v) is 8.49. The second kappa shape index (κ2) is 5.17. The number of aromatic nitrogens is 1. The lowest BCUT2D eigenvalue weighted by molar-refractivity contribution is 0.393. The second-order valence-electron chi connectivity index (χ2n) is 6.71. The van der Waals surface area contributed by atoms with Gasteiger partial charge in [-0.05, 0) is 41.5 Å². The van der Waals surface area contributed by atoms with Crippen LogP contribution in [0.2, 0.25) is 0 Å². The predicted molar refractivity (Wildman–Crippen MR) is 95.6 cm³/mol. The zero-order valence-electron chi connectivity index (χ0n) is 13.6. The van der Waals surface area contributed by atoms with E-state index < -0.39 is 0 Å². The lowest BCUT2D eigenvalue weighted by Crippen LogP contribution is -2.29. The molecule has 3 nitrogen and oxygen atoms in total. The summed E-state index contributed by atoms with van der Waals surface area (Å²) >= 11 is 0. The van der Waals surface area contributed by atoms with Crippen molar-refractivity contribution in [2.24, 2.45) is 5.92 Å². The molecule has 0 aliphatic carbocycles. The van der Waals surface area contributed by atoms with E-state index in [0.717, 1.165) is 12.3 Å². The number of nitrogens with one attached hydrogen (secondary N) is 1. The first-order chi connectivity index (χ1) is 11.8. The molecule has 2 aliphatic heterocycles. The van der Waals surface area contributed by atoms with Crippen LogP contribution in [0.25, 0.3) is 0 Å². The number of nitrogens with zero attached hydrogens (tertiary/aromatic N) is 1. The van der Waals surface area contributed by atoms with Crippen molar-refractivity contribution >= 4 is 5.69 Å². The molecule has 3 heteroatoms. The van der Waals surface area contributed by atoms with E-state index in [1.807, 2.05) is 6.07 Å². The molecule has 3 atom stereocenters. The van der Waals surface area contributed by atoms with Crippen LogP contribution in [0.1, 0.15) is 28.8 Å². The normalized spacial score (nSPS) is 23.8. The molecule has 0 saturated carbocycles. The van der Waals surface area contributed by atoms with E-state index >= 15 is 0 Å². The molecule has 1 unspecified atom stereocenters. The number of hydrogen-bond donors (Lipinski definition) is 1. The van der Waals surface area contributed by atoms with Gasteiger partial charge in [0.1, 0.15) is 5.75 Å². The summed E-state index contributed by atoms with van der Waals surface area (Å²) in [5.41, 5.74) is 5.34. The molecule has 24 heavy (non-hydrogen) atoms. The standard InChI is InChI=1S/C21H20N2O/c1-24-15-9-10-18-16(12-15)20(14-6-3-2-4-7-14)17-13-23-11-5-8-19(23)21(17)22-18/h2-12,17,20-22H,13H2,1H3/t17-,20?,21+/m0/s1. The number of rotatable bonds is 2. The Morgan fingerprint density at radius 2 is 1.92 bits per heavy atom. The van der Waals surface area contributed by atoms with Crippen molar-refractivity contribution in [3.05, 3.63) is 83.7 Å². The van der Waals surface area contributed by atoms with Gasteiger partial charge in [-0.1, -0.05) is 30.3 Å². The Hall–Kier alpha value is -2.68. The van der Waals surface area contributed by atoms with Crippen LogP contribution in [0.5, 0.6) is 5.75 Å². The van der Waals surface area contributed by atoms with Crippen molar-refractivity contribution in [2.45, 2.75) is 18.5 Å². The number of fused-ring (bicyclic) bond motifs is 4. The highest BCUT2D eigenvalue weighted by Crippen LogP contribution is 2.51. The van der Waals surface area contributed by atoms with Crippen molar-refractivity contribution in [1.82, 2.24) is 4.57 Å². The molecule has 0 radical (unpaired) electrons. The average Bonchev–Trinajstić information content (AvgIpc) is 3.21. The molecule has 0 spiro atoms. The first kappa shape index (κ1) is 13.7. The summed E-state index contributed by atoms with van der Waals surface area (Å²) in [4.78, 5) is 0. The Bertz CT molecular complexity index is 884. The lowest BCUT2D eigenvalue weighted by Gasteiger charge is -2.37. The van der Waals surface area contributed by atoms with E-state index in [2.05, 4.69) is 70.7 Å². The lowest BCUT2D eigenvalue weighted by atomic mass is 9.74. The van der Waals surface area contributed by atoms with Crippen LogP contribution in [0.3, 0.4) is 0 Å². The summed E-state index contributed by atoms with van der Waals surface area (Å²) in [6, 6.07) is 22.0. The van der Waals surface area contributed by atoms with Crippen molar-refractivity contribution in [2.75, 3.05) is 12.4 Å². The monoisotopic (exact) mass is 316 g/mol. The minimum atomic E-state index is 0.367. The predicted octanol–water partition coefficient (Wildman–Crippen LogP) is 4.43. The van der Waals surface area contributed by atoms with Crippen LogP contribution >= 0.6 is 0 Å². The molecule has 0 amide bonds. The highest BCUT2D eigenvalue weighted by atomic mass is 16.5. The SMILES string of the molecule is COc1ccc2c(c1)C(c1ccccc1)[C@@H]1Cn3cccc3[C@@H]1N2. The topological polar surface area (TPSA) is 26.2 Å². The Morgan fingerprint density at radius 1 is 1.04 bits per heavy atom. The summed E-state index contributed by atoms with van der Waals surface area (Å²) < 4.78 is 7.88. The van der Waals surface area contributed by atoms with Gasteiger partial charge in [0.15, 0.2) is 0 Å². The smallest absolute Gasteiger partial charge is 0.119 e. The maximum absolute atomic E-state index is 5.49. The number of ether oxygens (including phenoxy) is 1. The molecule has 0 bridgehead atoms. The van der Waals surface area contributed by atoms with Crippen molar-refractivity contribution in [3.8, 4) is 5.75 Å². The highest BCUT2D eigenvalue weighted by Gasteiger charge is 2.43. The van der Waals surface area contributed by atoms with E-state index in [4.69, 9.17) is 4.74 Å². The molecule has 0 fully saturated rings. The summed E-state index contributed by atoms with van der Waals surface area (Å²) in [6.45, 7) is 1.05. The van der Waals surface area contributed by atoms with Crippen LogP contribution in [0.4, 0.5) is 5.69 Å². The van der Waals surface area contributed by atoms with Gasteiger partial charge >= 0.3 is 0 Å². The maximum atomic E-state index is 5.49. The minimum Gasteiger partial charge on any atom is -0.497 e. The van der Waals surface area contributed by atoms with Crippen LogP contribution in [0.15, 0.2) is 66.9 Å². The van der Waals surface area contributed by atoms with Crippen LogP contribution < -0.4 is 10.1 Å². The van der Waals surface area contributed by atoms with Crippen molar-refractivity contribution in [1.29, 1.82) is 0 Å². The Morgan fingerprint density at radius 3 is 2.75 bits per heavy atom. The number of benzene rings is 2. The zero-order valence-corrected chi connectivity index (χ0v) is 13.6. The Kier molecular flexibility index (Phi) is 2.96. The molecule has 2 aliphatic rings. The Labute approximate surface area is 141 Å². The molecular weight excluding hydrogens is 296 g/mol. The van der Waals surface area contributed by atoms with Crippen LogP contribution in [-0.4, -0.2) is 11.7 Å². The number of anilines is 1. The highest BCUT2D eigenvalue weighted by molar-refractivity contribution is 5.62. The molecule has 2 aromatic carbocycles. The van der Waals surface area contributed by atoms with Crippen molar-refractivity contribution in [3.63, 3.8) is 0 Å². The molecule has 3 heterocycles. The molecule has 1 aromatic heterocycles. The summed E-state index contributed by atoms with van der Waals surface area (Å²) in [5.74, 6) is 1.82. The Balaban J connectivity index is 1.69. The van der Waals surface area contributed by atoms with E-state index in [-0.39, 0.29) is 0 Å². The minimum absolute atomic E-state index is 0.367. The van der Waals surface area contributed by atoms with Gasteiger partial charge in [0.05, 0.1) is 13.2 Å². The largest absolute Gasteiger partial charge is 0.497 e. The van der Waals surface area contributed by atoms with Gasteiger partial charge in [-0.15, -0.1) is 0 Å². The third kappa shape index (κ3) is 1.91. The first-order valence-electron chi connectivity index (χ1n) is 8.49. The van der Waals surface area contributed by atoms with Gasteiger partial charge in [0, 0.05) is 36.0 Å². The molecule has 5 rings (SSSR count). The summed E-state index contributed by atoms with van der Waals surface area (Å²) in [5, 5.41) is 3.78. The molecule has 120 valence electrons. The van der Waals surface area contributed by atoms with Gasteiger partial charge in [-0.25, -0.2) is 0 Å². The second-order valence-corrected chi connectivity index (χ2v) is 6.71. The van der Waals surface area contributed by atoms with E-state index in [1.54, 1.807) is 7.11 Å².